The molecule has 0 amide bonds. The Morgan fingerprint density at radius 2 is 1.92 bits per heavy atom. The second-order valence-electron chi connectivity index (χ2n) is 2.39. The Labute approximate surface area is 87.4 Å². The van der Waals surface area contributed by atoms with Crippen molar-refractivity contribution in [3.05, 3.63) is 26.6 Å². The lowest BCUT2D eigenvalue weighted by Crippen LogP contribution is -1.96. The first-order valence-electron chi connectivity index (χ1n) is 3.28. The van der Waals surface area contributed by atoms with Crippen molar-refractivity contribution in [1.82, 2.24) is 0 Å². The fourth-order valence-electron chi connectivity index (χ4n) is 0.836. The van der Waals surface area contributed by atoms with Crippen LogP contribution in [0.15, 0.2) is 21.1 Å². The van der Waals surface area contributed by atoms with Crippen LogP contribution in [0.4, 0.5) is 5.69 Å². The molecule has 0 saturated heterocycles. The van der Waals surface area contributed by atoms with Crippen LogP contribution in [0, 0.1) is 0 Å². The van der Waals surface area contributed by atoms with Crippen molar-refractivity contribution < 1.29 is 4.79 Å². The topological polar surface area (TPSA) is 43.1 Å². The highest BCUT2D eigenvalue weighted by atomic mass is 79.9. The Kier molecular flexibility index (Phi) is 2.90. The van der Waals surface area contributed by atoms with E-state index < -0.39 is 0 Å². The van der Waals surface area contributed by atoms with Gasteiger partial charge >= 0.3 is 0 Å². The molecule has 12 heavy (non-hydrogen) atoms. The standard InChI is InChI=1S/C8H7Br2NO/c1-4(12)5-2-3-6(11)8(10)7(5)9/h2-3H,11H2,1H3. The van der Waals surface area contributed by atoms with E-state index in [0.29, 0.717) is 11.3 Å². The van der Waals surface area contributed by atoms with Crippen molar-refractivity contribution in [3.8, 4) is 0 Å². The summed E-state index contributed by atoms with van der Waals surface area (Å²) in [6, 6.07) is 3.40. The Hall–Kier alpha value is -0.350. The Bertz CT molecular complexity index is 336. The van der Waals surface area contributed by atoms with Crippen LogP contribution in [0.3, 0.4) is 0 Å². The number of benzene rings is 1. The van der Waals surface area contributed by atoms with Crippen molar-refractivity contribution >= 4 is 43.3 Å². The number of carbonyl (C=O) groups excluding carboxylic acids is 1. The van der Waals surface area contributed by atoms with Gasteiger partial charge in [-0.15, -0.1) is 0 Å². The van der Waals surface area contributed by atoms with Crippen molar-refractivity contribution in [2.24, 2.45) is 0 Å². The van der Waals surface area contributed by atoms with Gasteiger partial charge < -0.3 is 5.73 Å². The molecule has 0 aromatic heterocycles. The Balaban J connectivity index is 3.36. The van der Waals surface area contributed by atoms with Gasteiger partial charge in [-0.25, -0.2) is 0 Å². The number of hydrogen-bond acceptors (Lipinski definition) is 2. The summed E-state index contributed by atoms with van der Waals surface area (Å²) in [5, 5.41) is 0. The predicted molar refractivity (Wildman–Crippen MR) is 56.3 cm³/mol. The summed E-state index contributed by atoms with van der Waals surface area (Å²) in [5.41, 5.74) is 6.85. The van der Waals surface area contributed by atoms with Crippen LogP contribution in [0.2, 0.25) is 0 Å². The summed E-state index contributed by atoms with van der Waals surface area (Å²) in [7, 11) is 0. The van der Waals surface area contributed by atoms with Crippen LogP contribution in [-0.2, 0) is 0 Å². The number of rotatable bonds is 1. The van der Waals surface area contributed by atoms with Gasteiger partial charge in [-0.3, -0.25) is 4.79 Å². The monoisotopic (exact) mass is 291 g/mol. The van der Waals surface area contributed by atoms with Crippen molar-refractivity contribution in [3.63, 3.8) is 0 Å². The molecule has 0 saturated carbocycles. The van der Waals surface area contributed by atoms with Gasteiger partial charge in [0.1, 0.15) is 0 Å². The van der Waals surface area contributed by atoms with Gasteiger partial charge in [0.15, 0.2) is 5.78 Å². The minimum Gasteiger partial charge on any atom is -0.398 e. The largest absolute Gasteiger partial charge is 0.398 e. The zero-order valence-electron chi connectivity index (χ0n) is 6.40. The number of nitrogens with two attached hydrogens (primary N) is 1. The summed E-state index contributed by atoms with van der Waals surface area (Å²) in [4.78, 5) is 11.0. The molecule has 64 valence electrons. The van der Waals surface area contributed by atoms with Crippen molar-refractivity contribution in [2.75, 3.05) is 5.73 Å². The molecule has 0 bridgehead atoms. The van der Waals surface area contributed by atoms with Gasteiger partial charge in [0, 0.05) is 15.7 Å². The number of anilines is 1. The van der Waals surface area contributed by atoms with Crippen LogP contribution < -0.4 is 5.73 Å². The summed E-state index contributed by atoms with van der Waals surface area (Å²) in [6.07, 6.45) is 0. The zero-order valence-corrected chi connectivity index (χ0v) is 9.57. The molecule has 4 heteroatoms. The number of halogens is 2. The third-order valence-corrected chi connectivity index (χ3v) is 3.70. The highest BCUT2D eigenvalue weighted by Gasteiger charge is 2.09. The van der Waals surface area contributed by atoms with Crippen LogP contribution in [0.5, 0.6) is 0 Å². The van der Waals surface area contributed by atoms with Crippen LogP contribution in [0.25, 0.3) is 0 Å². The molecule has 1 rings (SSSR count). The van der Waals surface area contributed by atoms with Crippen molar-refractivity contribution in [2.45, 2.75) is 6.92 Å². The average Bonchev–Trinajstić information content (AvgIpc) is 2.00. The predicted octanol–water partition coefficient (Wildman–Crippen LogP) is 3.00. The normalized spacial score (nSPS) is 9.92. The molecule has 2 N–H and O–H groups in total. The number of nitrogen functional groups attached to an aromatic ring is 1. The smallest absolute Gasteiger partial charge is 0.160 e. The fraction of sp³-hybridized carbons (Fsp3) is 0.125. The molecule has 0 unspecified atom stereocenters. The summed E-state index contributed by atoms with van der Waals surface area (Å²) in [6.45, 7) is 1.52. The lowest BCUT2D eigenvalue weighted by molar-refractivity contribution is 0.101. The third kappa shape index (κ3) is 1.69. The number of carbonyl (C=O) groups is 1. The SMILES string of the molecule is CC(=O)c1ccc(N)c(Br)c1Br. The molecule has 0 fully saturated rings. The molecule has 0 aliphatic carbocycles. The van der Waals surface area contributed by atoms with Gasteiger partial charge in [-0.05, 0) is 50.9 Å². The average molecular weight is 293 g/mol. The van der Waals surface area contributed by atoms with E-state index in [4.69, 9.17) is 5.73 Å². The van der Waals surface area contributed by atoms with E-state index in [1.807, 2.05) is 0 Å². The van der Waals surface area contributed by atoms with Gasteiger partial charge in [0.25, 0.3) is 0 Å². The fourth-order valence-corrected chi connectivity index (χ4v) is 1.82. The first-order valence-corrected chi connectivity index (χ1v) is 4.87. The van der Waals surface area contributed by atoms with E-state index in [0.717, 1.165) is 8.95 Å². The minimum absolute atomic E-state index is 0.0163. The molecule has 0 spiro atoms. The number of ketones is 1. The van der Waals surface area contributed by atoms with Crippen LogP contribution in [-0.4, -0.2) is 5.78 Å². The van der Waals surface area contributed by atoms with Gasteiger partial charge in [0.05, 0.1) is 4.47 Å². The Morgan fingerprint density at radius 1 is 1.33 bits per heavy atom. The first-order chi connectivity index (χ1) is 5.54. The highest BCUT2D eigenvalue weighted by molar-refractivity contribution is 9.13. The minimum atomic E-state index is 0.0163. The second kappa shape index (κ2) is 3.58. The number of hydrogen-bond donors (Lipinski definition) is 1. The van der Waals surface area contributed by atoms with Gasteiger partial charge in [0.2, 0.25) is 0 Å². The molecule has 0 heterocycles. The van der Waals surface area contributed by atoms with E-state index in [1.54, 1.807) is 12.1 Å². The molecule has 0 radical (unpaired) electrons. The summed E-state index contributed by atoms with van der Waals surface area (Å²) < 4.78 is 1.45. The second-order valence-corrected chi connectivity index (χ2v) is 3.97. The van der Waals surface area contributed by atoms with Crippen LogP contribution >= 0.6 is 31.9 Å². The van der Waals surface area contributed by atoms with Gasteiger partial charge in [-0.2, -0.15) is 0 Å². The first kappa shape index (κ1) is 9.74. The van der Waals surface area contributed by atoms with E-state index in [1.165, 1.54) is 6.92 Å². The van der Waals surface area contributed by atoms with E-state index in [-0.39, 0.29) is 5.78 Å². The molecular formula is C8H7Br2NO. The summed E-state index contributed by atoms with van der Waals surface area (Å²) >= 11 is 6.56. The maximum absolute atomic E-state index is 11.0. The molecule has 0 aliphatic heterocycles. The third-order valence-electron chi connectivity index (χ3n) is 1.49. The lowest BCUT2D eigenvalue weighted by atomic mass is 10.1. The number of Topliss-reactive ketones (excluding diaryl/α,β-unsaturated/α-hetero) is 1. The van der Waals surface area contributed by atoms with E-state index in [2.05, 4.69) is 31.9 Å². The van der Waals surface area contributed by atoms with E-state index >= 15 is 0 Å². The molecule has 2 nitrogen and oxygen atoms in total. The lowest BCUT2D eigenvalue weighted by Gasteiger charge is -2.04. The Morgan fingerprint density at radius 3 is 2.42 bits per heavy atom. The maximum atomic E-state index is 11.0. The molecule has 1 aromatic rings. The maximum Gasteiger partial charge on any atom is 0.160 e. The zero-order chi connectivity index (χ0) is 9.30. The van der Waals surface area contributed by atoms with Crippen LogP contribution in [0.1, 0.15) is 17.3 Å². The summed E-state index contributed by atoms with van der Waals surface area (Å²) in [5.74, 6) is 0.0163. The molecule has 0 atom stereocenters. The molecule has 1 aromatic carbocycles. The van der Waals surface area contributed by atoms with Crippen molar-refractivity contribution in [1.29, 1.82) is 0 Å². The molecular weight excluding hydrogens is 286 g/mol. The van der Waals surface area contributed by atoms with E-state index in [9.17, 15) is 4.79 Å². The molecule has 0 aliphatic rings. The van der Waals surface area contributed by atoms with Gasteiger partial charge in [-0.1, -0.05) is 0 Å². The quantitative estimate of drug-likeness (QED) is 0.639. The highest BCUT2D eigenvalue weighted by Crippen LogP contribution is 2.31.